The summed E-state index contributed by atoms with van der Waals surface area (Å²) >= 11 is 0. The number of hydrogen-bond donors (Lipinski definition) is 0. The fourth-order valence-corrected chi connectivity index (χ4v) is 10.2. The summed E-state index contributed by atoms with van der Waals surface area (Å²) in [6.07, 6.45) is 0. The van der Waals surface area contributed by atoms with Crippen molar-refractivity contribution in [2.45, 2.75) is 0 Å². The van der Waals surface area contributed by atoms with Gasteiger partial charge in [-0.05, 0) is 136 Å². The minimum Gasteiger partial charge on any atom is -0.310 e. The molecule has 0 fully saturated rings. The van der Waals surface area contributed by atoms with E-state index in [-0.39, 0.29) is 0 Å². The molecule has 12 rings (SSSR count). The molecule has 1 nitrogen and oxygen atoms in total. The summed E-state index contributed by atoms with van der Waals surface area (Å²) < 4.78 is 0. The number of anilines is 3. The third-order valence-corrected chi connectivity index (χ3v) is 13.5. The van der Waals surface area contributed by atoms with Crippen LogP contribution in [0.3, 0.4) is 0 Å². The van der Waals surface area contributed by atoms with Crippen molar-refractivity contribution >= 4 is 38.6 Å². The van der Waals surface area contributed by atoms with Gasteiger partial charge in [0, 0.05) is 17.1 Å². The molecule has 0 aliphatic heterocycles. The zero-order valence-corrected chi connectivity index (χ0v) is 38.1. The quantitative estimate of drug-likeness (QED) is 0.124. The molecule has 0 radical (unpaired) electrons. The molecule has 0 atom stereocenters. The smallest absolute Gasteiger partial charge is 0.0468 e. The minimum absolute atomic E-state index is 1.07. The summed E-state index contributed by atoms with van der Waals surface area (Å²) in [7, 11) is 0. The highest BCUT2D eigenvalue weighted by Gasteiger charge is 2.22. The summed E-state index contributed by atoms with van der Waals surface area (Å²) in [4.78, 5) is 2.40. The fraction of sp³-hybridized carbons (Fsp3) is 0. The largest absolute Gasteiger partial charge is 0.310 e. The first-order valence-electron chi connectivity index (χ1n) is 23.7. The van der Waals surface area contributed by atoms with Gasteiger partial charge in [0.15, 0.2) is 0 Å². The van der Waals surface area contributed by atoms with Crippen LogP contribution < -0.4 is 4.90 Å². The maximum Gasteiger partial charge on any atom is 0.0468 e. The Bertz CT molecular complexity index is 3700. The van der Waals surface area contributed by atoms with E-state index in [0.29, 0.717) is 0 Å². The molecule has 1 heteroatoms. The molecule has 0 heterocycles. The van der Waals surface area contributed by atoms with E-state index >= 15 is 0 Å². The molecule has 0 aliphatic rings. The van der Waals surface area contributed by atoms with Gasteiger partial charge in [0.05, 0.1) is 0 Å². The van der Waals surface area contributed by atoms with Crippen LogP contribution in [0.5, 0.6) is 0 Å². The van der Waals surface area contributed by atoms with Gasteiger partial charge in [-0.3, -0.25) is 0 Å². The first-order valence-corrected chi connectivity index (χ1v) is 23.7. The van der Waals surface area contributed by atoms with Gasteiger partial charge in [-0.25, -0.2) is 0 Å². The van der Waals surface area contributed by atoms with Crippen molar-refractivity contribution in [3.05, 3.63) is 285 Å². The SMILES string of the molecule is c1ccc(-c2ccc(-c3ccc(N(c4ccc(-c5cccc6c5c(-c5ccccc5)c(-c5ccccc5)c5ccccc56)cc4)c4ccc(-c5ccccc5)c(-c5ccccc5)c4)cc3)cc2)cc1. The zero-order valence-electron chi connectivity index (χ0n) is 38.1. The topological polar surface area (TPSA) is 3.24 Å². The molecule has 0 aliphatic carbocycles. The highest BCUT2D eigenvalue weighted by atomic mass is 15.1. The molecule has 69 heavy (non-hydrogen) atoms. The van der Waals surface area contributed by atoms with E-state index in [2.05, 4.69) is 290 Å². The van der Waals surface area contributed by atoms with Gasteiger partial charge in [-0.15, -0.1) is 0 Å². The van der Waals surface area contributed by atoms with Crippen molar-refractivity contribution in [2.24, 2.45) is 0 Å². The van der Waals surface area contributed by atoms with Gasteiger partial charge >= 0.3 is 0 Å². The molecule has 0 spiro atoms. The Morgan fingerprint density at radius 1 is 0.188 bits per heavy atom. The number of fused-ring (bicyclic) bond motifs is 3. The molecule has 0 saturated heterocycles. The van der Waals surface area contributed by atoms with Crippen molar-refractivity contribution in [2.75, 3.05) is 4.90 Å². The predicted molar refractivity (Wildman–Crippen MR) is 294 cm³/mol. The highest BCUT2D eigenvalue weighted by molar-refractivity contribution is 6.25. The van der Waals surface area contributed by atoms with E-state index in [1.54, 1.807) is 0 Å². The van der Waals surface area contributed by atoms with Gasteiger partial charge in [0.1, 0.15) is 0 Å². The van der Waals surface area contributed by atoms with Crippen molar-refractivity contribution in [1.82, 2.24) is 0 Å². The van der Waals surface area contributed by atoms with E-state index in [1.807, 2.05) is 0 Å². The first kappa shape index (κ1) is 41.4. The first-order chi connectivity index (χ1) is 34.2. The third-order valence-electron chi connectivity index (χ3n) is 13.5. The maximum absolute atomic E-state index is 2.40. The molecule has 0 bridgehead atoms. The molecule has 0 N–H and O–H groups in total. The minimum atomic E-state index is 1.07. The molecular weight excluding hydrogens is 831 g/mol. The molecule has 0 amide bonds. The molecule has 0 aromatic heterocycles. The van der Waals surface area contributed by atoms with Gasteiger partial charge in [0.25, 0.3) is 0 Å². The summed E-state index contributed by atoms with van der Waals surface area (Å²) in [5, 5.41) is 5.00. The van der Waals surface area contributed by atoms with E-state index in [4.69, 9.17) is 0 Å². The van der Waals surface area contributed by atoms with Gasteiger partial charge in [-0.1, -0.05) is 249 Å². The van der Waals surface area contributed by atoms with Crippen LogP contribution in [-0.2, 0) is 0 Å². The normalized spacial score (nSPS) is 11.2. The van der Waals surface area contributed by atoms with Crippen LogP contribution in [0.4, 0.5) is 17.1 Å². The Morgan fingerprint density at radius 2 is 0.551 bits per heavy atom. The number of nitrogens with zero attached hydrogens (tertiary/aromatic N) is 1. The second-order valence-corrected chi connectivity index (χ2v) is 17.6. The standard InChI is InChI=1S/C68H47N/c1-6-19-48(20-7-1)49-33-35-50(36-34-49)51-37-41-57(42-38-51)69(59-45-46-60(52-21-8-2-9-22-52)65(47-59)53-23-10-3-11-24-53)58-43-39-54(40-44-58)61-31-18-32-64-62-29-16-17-30-63(62)66(55-25-12-4-13-26-55)67(68(61)64)56-27-14-5-15-28-56/h1-47H. The highest BCUT2D eigenvalue weighted by Crippen LogP contribution is 2.48. The molecule has 0 unspecified atom stereocenters. The van der Waals surface area contributed by atoms with E-state index in [1.165, 1.54) is 93.9 Å². The monoisotopic (exact) mass is 877 g/mol. The Morgan fingerprint density at radius 3 is 1.09 bits per heavy atom. The lowest BCUT2D eigenvalue weighted by Gasteiger charge is -2.27. The zero-order chi connectivity index (χ0) is 45.9. The Balaban J connectivity index is 1.01. The predicted octanol–water partition coefficient (Wildman–Crippen LogP) is 19.1. The van der Waals surface area contributed by atoms with Gasteiger partial charge in [0.2, 0.25) is 0 Å². The van der Waals surface area contributed by atoms with Crippen LogP contribution in [0.25, 0.3) is 99.4 Å². The average molecular weight is 878 g/mol. The molecular formula is C68H47N. The second kappa shape index (κ2) is 18.3. The molecule has 324 valence electrons. The summed E-state index contributed by atoms with van der Waals surface area (Å²) in [5.41, 5.74) is 20.0. The summed E-state index contributed by atoms with van der Waals surface area (Å²) in [5.74, 6) is 0. The van der Waals surface area contributed by atoms with Crippen LogP contribution in [0.2, 0.25) is 0 Å². The molecule has 12 aromatic rings. The van der Waals surface area contributed by atoms with Gasteiger partial charge in [-0.2, -0.15) is 0 Å². The number of benzene rings is 12. The van der Waals surface area contributed by atoms with Crippen LogP contribution in [0.1, 0.15) is 0 Å². The molecule has 0 saturated carbocycles. The van der Waals surface area contributed by atoms with Crippen molar-refractivity contribution in [3.8, 4) is 77.9 Å². The van der Waals surface area contributed by atoms with Crippen LogP contribution in [0.15, 0.2) is 285 Å². The third kappa shape index (κ3) is 7.97. The summed E-state index contributed by atoms with van der Waals surface area (Å²) in [6, 6.07) is 104. The van der Waals surface area contributed by atoms with Crippen LogP contribution in [0, 0.1) is 0 Å². The Kier molecular flexibility index (Phi) is 11.0. The maximum atomic E-state index is 2.40. The lowest BCUT2D eigenvalue weighted by Crippen LogP contribution is -2.10. The van der Waals surface area contributed by atoms with Crippen molar-refractivity contribution in [3.63, 3.8) is 0 Å². The second-order valence-electron chi connectivity index (χ2n) is 17.6. The van der Waals surface area contributed by atoms with Crippen LogP contribution in [-0.4, -0.2) is 0 Å². The fourth-order valence-electron chi connectivity index (χ4n) is 10.2. The van der Waals surface area contributed by atoms with E-state index in [0.717, 1.165) is 22.6 Å². The lowest BCUT2D eigenvalue weighted by molar-refractivity contribution is 1.28. The number of hydrogen-bond acceptors (Lipinski definition) is 1. The Hall–Kier alpha value is -9.04. The Labute approximate surface area is 404 Å². The van der Waals surface area contributed by atoms with Gasteiger partial charge < -0.3 is 4.90 Å². The molecule has 12 aromatic carbocycles. The van der Waals surface area contributed by atoms with Crippen LogP contribution >= 0.6 is 0 Å². The van der Waals surface area contributed by atoms with E-state index < -0.39 is 0 Å². The van der Waals surface area contributed by atoms with Crippen molar-refractivity contribution < 1.29 is 0 Å². The lowest BCUT2D eigenvalue weighted by atomic mass is 9.82. The summed E-state index contributed by atoms with van der Waals surface area (Å²) in [6.45, 7) is 0. The van der Waals surface area contributed by atoms with E-state index in [9.17, 15) is 0 Å². The average Bonchev–Trinajstić information content (AvgIpc) is 3.44. The number of rotatable bonds is 10. The van der Waals surface area contributed by atoms with Crippen molar-refractivity contribution in [1.29, 1.82) is 0 Å².